The topological polar surface area (TPSA) is 34.0 Å². The monoisotopic (exact) mass is 464 g/mol. The fourth-order valence-corrected chi connectivity index (χ4v) is 3.85. The molecule has 3 nitrogen and oxygen atoms in total. The lowest BCUT2D eigenvalue weighted by Crippen LogP contribution is -2.15. The van der Waals surface area contributed by atoms with E-state index in [4.69, 9.17) is 0 Å². The second kappa shape index (κ2) is 8.06. The minimum atomic E-state index is -4.49. The van der Waals surface area contributed by atoms with E-state index in [-0.39, 0.29) is 11.6 Å². The molecule has 0 fully saturated rings. The van der Waals surface area contributed by atoms with E-state index in [0.717, 1.165) is 22.5 Å². The van der Waals surface area contributed by atoms with Gasteiger partial charge in [-0.2, -0.15) is 13.2 Å². The number of carbonyl (C=O) groups is 1. The van der Waals surface area contributed by atoms with Crippen LogP contribution in [0.3, 0.4) is 0 Å². The third-order valence-electron chi connectivity index (χ3n) is 4.82. The third kappa shape index (κ3) is 4.24. The fraction of sp³-hybridized carbons (Fsp3) is 0.227. The number of hydrogen-bond acceptors (Lipinski definition) is 1. The highest BCUT2D eigenvalue weighted by Gasteiger charge is 2.34. The normalized spacial score (nSPS) is 11.6. The van der Waals surface area contributed by atoms with Crippen LogP contribution in [-0.4, -0.2) is 10.5 Å². The average molecular weight is 465 g/mol. The largest absolute Gasteiger partial charge is 0.418 e. The number of amides is 1. The molecule has 0 atom stereocenters. The van der Waals surface area contributed by atoms with Crippen molar-refractivity contribution in [1.29, 1.82) is 0 Å². The number of benzene rings is 2. The summed E-state index contributed by atoms with van der Waals surface area (Å²) in [6, 6.07) is 12.5. The maximum absolute atomic E-state index is 13.5. The molecule has 2 aromatic carbocycles. The highest BCUT2D eigenvalue weighted by Crippen LogP contribution is 2.35. The van der Waals surface area contributed by atoms with Crippen LogP contribution in [-0.2, 0) is 12.6 Å². The lowest BCUT2D eigenvalue weighted by molar-refractivity contribution is -0.137. The second-order valence-corrected chi connectivity index (χ2v) is 7.66. The van der Waals surface area contributed by atoms with E-state index in [0.29, 0.717) is 22.6 Å². The first-order chi connectivity index (χ1) is 13.6. The molecule has 3 rings (SSSR count). The van der Waals surface area contributed by atoms with E-state index >= 15 is 0 Å². The molecule has 0 aliphatic carbocycles. The van der Waals surface area contributed by atoms with Crippen molar-refractivity contribution >= 4 is 27.5 Å². The first-order valence-electron chi connectivity index (χ1n) is 9.08. The van der Waals surface area contributed by atoms with E-state index in [1.165, 1.54) is 16.7 Å². The Morgan fingerprint density at radius 3 is 2.45 bits per heavy atom. The summed E-state index contributed by atoms with van der Waals surface area (Å²) in [5.41, 5.74) is 2.25. The number of halogens is 4. The first kappa shape index (κ1) is 21.2. The lowest BCUT2D eigenvalue weighted by Gasteiger charge is -2.17. The quantitative estimate of drug-likeness (QED) is 0.458. The van der Waals surface area contributed by atoms with Crippen molar-refractivity contribution in [3.8, 4) is 5.69 Å². The molecular weight excluding hydrogens is 445 g/mol. The van der Waals surface area contributed by atoms with Crippen molar-refractivity contribution in [2.24, 2.45) is 0 Å². The van der Waals surface area contributed by atoms with Gasteiger partial charge in [0.1, 0.15) is 0 Å². The van der Waals surface area contributed by atoms with Crippen LogP contribution in [0.15, 0.2) is 53.0 Å². The van der Waals surface area contributed by atoms with Gasteiger partial charge in [-0.1, -0.05) is 35.0 Å². The molecule has 0 aliphatic heterocycles. The number of nitrogens with zero attached hydrogens (tertiary/aromatic N) is 1. The van der Waals surface area contributed by atoms with E-state index in [9.17, 15) is 18.0 Å². The van der Waals surface area contributed by atoms with Gasteiger partial charge in [0.15, 0.2) is 0 Å². The zero-order valence-electron chi connectivity index (χ0n) is 16.2. The van der Waals surface area contributed by atoms with Crippen molar-refractivity contribution in [2.75, 3.05) is 5.32 Å². The Morgan fingerprint density at radius 2 is 1.79 bits per heavy atom. The van der Waals surface area contributed by atoms with Crippen molar-refractivity contribution < 1.29 is 18.0 Å². The van der Waals surface area contributed by atoms with Gasteiger partial charge >= 0.3 is 6.18 Å². The lowest BCUT2D eigenvalue weighted by atomic mass is 10.1. The summed E-state index contributed by atoms with van der Waals surface area (Å²) in [6.45, 7) is 5.32. The Kier molecular flexibility index (Phi) is 5.89. The van der Waals surface area contributed by atoms with Crippen LogP contribution in [0.2, 0.25) is 0 Å². The van der Waals surface area contributed by atoms with Crippen LogP contribution in [0.4, 0.5) is 18.9 Å². The number of anilines is 1. The van der Waals surface area contributed by atoms with Crippen LogP contribution in [0.1, 0.15) is 39.8 Å². The van der Waals surface area contributed by atoms with Crippen LogP contribution in [0.5, 0.6) is 0 Å². The molecule has 0 saturated heterocycles. The Balaban J connectivity index is 2.02. The van der Waals surface area contributed by atoms with Gasteiger partial charge in [0.25, 0.3) is 5.91 Å². The predicted octanol–water partition coefficient (Wildman–Crippen LogP) is 6.69. The van der Waals surface area contributed by atoms with E-state index < -0.39 is 11.7 Å². The molecule has 0 radical (unpaired) electrons. The van der Waals surface area contributed by atoms with E-state index in [1.54, 1.807) is 32.0 Å². The minimum Gasteiger partial charge on any atom is -0.322 e. The van der Waals surface area contributed by atoms with Crippen molar-refractivity contribution in [3.63, 3.8) is 0 Å². The average Bonchev–Trinajstić information content (AvgIpc) is 2.96. The van der Waals surface area contributed by atoms with Crippen molar-refractivity contribution in [2.45, 2.75) is 33.4 Å². The highest BCUT2D eigenvalue weighted by molar-refractivity contribution is 9.10. The summed E-state index contributed by atoms with van der Waals surface area (Å²) in [7, 11) is 0. The van der Waals surface area contributed by atoms with E-state index in [2.05, 4.69) is 21.2 Å². The molecule has 152 valence electrons. The van der Waals surface area contributed by atoms with Crippen molar-refractivity contribution in [1.82, 2.24) is 4.57 Å². The summed E-state index contributed by atoms with van der Waals surface area (Å²) in [4.78, 5) is 12.9. The zero-order valence-corrected chi connectivity index (χ0v) is 17.8. The minimum absolute atomic E-state index is 0.00642. The number of nitrogens with one attached hydrogen (secondary N) is 1. The number of alkyl halides is 3. The maximum Gasteiger partial charge on any atom is 0.418 e. The number of para-hydroxylation sites is 1. The van der Waals surface area contributed by atoms with Gasteiger partial charge in [0, 0.05) is 21.5 Å². The van der Waals surface area contributed by atoms with Gasteiger partial charge < -0.3 is 9.88 Å². The van der Waals surface area contributed by atoms with Gasteiger partial charge in [-0.3, -0.25) is 4.79 Å². The van der Waals surface area contributed by atoms with Crippen LogP contribution >= 0.6 is 15.9 Å². The number of rotatable bonds is 4. The molecule has 0 aliphatic rings. The maximum atomic E-state index is 13.5. The molecular formula is C22H20BrF3N2O. The molecule has 1 aromatic heterocycles. The first-order valence-corrected chi connectivity index (χ1v) is 9.88. The number of aryl methyl sites for hydroxylation is 2. The highest BCUT2D eigenvalue weighted by atomic mass is 79.9. The molecule has 1 amide bonds. The molecule has 0 bridgehead atoms. The number of hydrogen-bond donors (Lipinski definition) is 1. The molecule has 7 heteroatoms. The Morgan fingerprint density at radius 1 is 1.10 bits per heavy atom. The fourth-order valence-electron chi connectivity index (χ4n) is 3.44. The predicted molar refractivity (Wildman–Crippen MR) is 112 cm³/mol. The summed E-state index contributed by atoms with van der Waals surface area (Å²) < 4.78 is 42.8. The van der Waals surface area contributed by atoms with Crippen molar-refractivity contribution in [3.05, 3.63) is 81.1 Å². The number of aromatic nitrogens is 1. The second-order valence-electron chi connectivity index (χ2n) is 6.74. The zero-order chi connectivity index (χ0) is 21.3. The van der Waals surface area contributed by atoms with Crippen LogP contribution < -0.4 is 5.32 Å². The molecule has 29 heavy (non-hydrogen) atoms. The Labute approximate surface area is 175 Å². The summed E-state index contributed by atoms with van der Waals surface area (Å²) >= 11 is 3.41. The van der Waals surface area contributed by atoms with Gasteiger partial charge in [-0.05, 0) is 62.2 Å². The molecule has 0 unspecified atom stereocenters. The van der Waals surface area contributed by atoms with Crippen LogP contribution in [0, 0.1) is 13.8 Å². The third-order valence-corrected chi connectivity index (χ3v) is 5.32. The van der Waals surface area contributed by atoms with E-state index in [1.807, 2.05) is 19.1 Å². The molecule has 0 saturated carbocycles. The van der Waals surface area contributed by atoms with Crippen LogP contribution in [0.25, 0.3) is 5.69 Å². The number of carbonyl (C=O) groups excluding carboxylic acids is 1. The van der Waals surface area contributed by atoms with Gasteiger partial charge in [0.05, 0.1) is 16.8 Å². The molecule has 1 N–H and O–H groups in total. The Hall–Kier alpha value is -2.54. The van der Waals surface area contributed by atoms with Gasteiger partial charge in [0.2, 0.25) is 0 Å². The summed E-state index contributed by atoms with van der Waals surface area (Å²) in [5.74, 6) is -0.356. The Bertz CT molecular complexity index is 1070. The standard InChI is InChI=1S/C22H20BrF3N2O/c1-4-15-12-16(23)9-10-19(15)27-21(29)17-11-13(2)28(14(17)3)20-8-6-5-7-18(20)22(24,25)26/h5-12H,4H2,1-3H3,(H,27,29). The summed E-state index contributed by atoms with van der Waals surface area (Å²) in [5, 5.41) is 2.89. The van der Waals surface area contributed by atoms with Gasteiger partial charge in [-0.25, -0.2) is 0 Å². The summed E-state index contributed by atoms with van der Waals surface area (Å²) in [6.07, 6.45) is -3.76. The molecule has 3 aromatic rings. The molecule has 1 heterocycles. The smallest absolute Gasteiger partial charge is 0.322 e. The van der Waals surface area contributed by atoms with Gasteiger partial charge in [-0.15, -0.1) is 0 Å². The molecule has 0 spiro atoms. The SMILES string of the molecule is CCc1cc(Br)ccc1NC(=O)c1cc(C)n(-c2ccccc2C(F)(F)F)c1C.